The Morgan fingerprint density at radius 3 is 1.34 bits per heavy atom. The number of nitrogens with zero attached hydrogens (tertiary/aromatic N) is 2. The number of fused-ring (bicyclic) bond motifs is 2. The minimum atomic E-state index is -0.109. The van der Waals surface area contributed by atoms with Crippen molar-refractivity contribution in [1.29, 1.82) is 0 Å². The maximum absolute atomic E-state index is 6.58. The van der Waals surface area contributed by atoms with Crippen LogP contribution >= 0.6 is 23.2 Å². The molecule has 0 saturated carbocycles. The van der Waals surface area contributed by atoms with Crippen LogP contribution in [-0.4, -0.2) is 23.4 Å². The number of hydrogen-bond acceptors (Lipinski definition) is 1. The average Bonchev–Trinajstić information content (AvgIpc) is 3.64. The van der Waals surface area contributed by atoms with E-state index >= 15 is 0 Å². The third-order valence-corrected chi connectivity index (χ3v) is 15.6. The van der Waals surface area contributed by atoms with Gasteiger partial charge in [-0.3, -0.25) is 0 Å². The summed E-state index contributed by atoms with van der Waals surface area (Å²) >= 11 is 13.2. The van der Waals surface area contributed by atoms with Crippen LogP contribution in [0.4, 0.5) is 11.4 Å². The van der Waals surface area contributed by atoms with E-state index in [4.69, 9.17) is 23.2 Å². The van der Waals surface area contributed by atoms with Crippen LogP contribution in [-0.2, 0) is 10.8 Å². The molecule has 2 aromatic rings. The first-order valence-corrected chi connectivity index (χ1v) is 29.1. The van der Waals surface area contributed by atoms with Gasteiger partial charge in [0, 0.05) is 57.5 Å². The van der Waals surface area contributed by atoms with E-state index in [1.165, 1.54) is 239 Å². The van der Waals surface area contributed by atoms with E-state index in [1.807, 2.05) is 0 Å². The van der Waals surface area contributed by atoms with Crippen LogP contribution in [0.3, 0.4) is 0 Å². The van der Waals surface area contributed by atoms with E-state index in [0.717, 1.165) is 23.1 Å². The van der Waals surface area contributed by atoms with Gasteiger partial charge in [-0.1, -0.05) is 267 Å². The quantitative estimate of drug-likeness (QED) is 0.0369. The van der Waals surface area contributed by atoms with Gasteiger partial charge in [-0.2, -0.15) is 4.58 Å². The molecule has 0 saturated heterocycles. The van der Waals surface area contributed by atoms with Crippen molar-refractivity contribution in [3.63, 3.8) is 0 Å². The van der Waals surface area contributed by atoms with Crippen molar-refractivity contribution in [1.82, 2.24) is 0 Å². The van der Waals surface area contributed by atoms with Crippen LogP contribution in [0.1, 0.15) is 258 Å². The SMILES string of the molecule is CCCCCCCCCCCCCCCCCCN1/C(=C/C=C/C=C/C=C/C2=[N+](CCCCCCCCCCCCCCCCCC)c3ccc(Cl)cc3C2(C)C)C(C)(C)c2cc(Cl)ccc21. The minimum absolute atomic E-state index is 0.109. The highest BCUT2D eigenvalue weighted by molar-refractivity contribution is 6.31. The van der Waals surface area contributed by atoms with E-state index in [9.17, 15) is 0 Å². The summed E-state index contributed by atoms with van der Waals surface area (Å²) in [6, 6.07) is 13.0. The molecule has 4 heteroatoms. The minimum Gasteiger partial charge on any atom is -0.344 e. The summed E-state index contributed by atoms with van der Waals surface area (Å²) in [5, 5.41) is 1.64. The van der Waals surface area contributed by atoms with Crippen molar-refractivity contribution in [2.75, 3.05) is 18.0 Å². The fraction of sp³-hybridized carbons (Fsp3) is 0.667. The summed E-state index contributed by atoms with van der Waals surface area (Å²) in [6.07, 6.45) is 60.3. The normalized spacial score (nSPS) is 16.0. The molecule has 0 radical (unpaired) electrons. The van der Waals surface area contributed by atoms with Crippen LogP contribution in [0.5, 0.6) is 0 Å². The summed E-state index contributed by atoms with van der Waals surface area (Å²) in [7, 11) is 0. The molecule has 0 atom stereocenters. The predicted molar refractivity (Wildman–Crippen MR) is 301 cm³/mol. The predicted octanol–water partition coefficient (Wildman–Crippen LogP) is 21.2. The first kappa shape index (κ1) is 57.0. The Bertz CT molecular complexity index is 1820. The molecule has 374 valence electrons. The number of hydrogen-bond donors (Lipinski definition) is 0. The highest BCUT2D eigenvalue weighted by Crippen LogP contribution is 2.49. The van der Waals surface area contributed by atoms with Gasteiger partial charge < -0.3 is 4.90 Å². The van der Waals surface area contributed by atoms with E-state index in [2.05, 4.69) is 130 Å². The van der Waals surface area contributed by atoms with Gasteiger partial charge in [0.2, 0.25) is 5.69 Å². The number of benzene rings is 2. The second kappa shape index (κ2) is 33.1. The summed E-state index contributed by atoms with van der Waals surface area (Å²) < 4.78 is 2.57. The van der Waals surface area contributed by atoms with Crippen molar-refractivity contribution in [3.8, 4) is 0 Å². The largest absolute Gasteiger partial charge is 0.344 e. The molecule has 0 fully saturated rings. The van der Waals surface area contributed by atoms with Gasteiger partial charge >= 0.3 is 0 Å². The van der Waals surface area contributed by atoms with Crippen LogP contribution in [0.2, 0.25) is 10.0 Å². The monoisotopic (exact) mass is 954 g/mol. The molecule has 4 rings (SSSR count). The lowest BCUT2D eigenvalue weighted by Crippen LogP contribution is -2.27. The highest BCUT2D eigenvalue weighted by Gasteiger charge is 2.44. The zero-order valence-electron chi connectivity index (χ0n) is 44.2. The fourth-order valence-electron chi connectivity index (χ4n) is 10.9. The van der Waals surface area contributed by atoms with Crippen molar-refractivity contribution < 1.29 is 4.58 Å². The number of rotatable bonds is 38. The molecule has 0 spiro atoms. The second-order valence-electron chi connectivity index (χ2n) is 21.5. The zero-order valence-corrected chi connectivity index (χ0v) is 45.7. The second-order valence-corrected chi connectivity index (χ2v) is 22.4. The standard InChI is InChI=1S/C63H99Cl2N2/c1-7-9-11-13-15-17-19-21-23-25-27-29-31-33-38-42-50-66-58-48-46-54(64)52-56(58)62(3,4)60(66)44-40-36-35-37-41-45-61-63(5,6)57-53-55(65)47-49-59(57)67(61)51-43-39-34-32-30-28-26-24-22-20-18-16-14-12-10-8-2/h35-37,40-41,44-49,52-53H,7-34,38-39,42-43,50-51H2,1-6H3/q+1. The molecule has 2 nitrogen and oxygen atoms in total. The van der Waals surface area contributed by atoms with Crippen molar-refractivity contribution in [2.45, 2.75) is 258 Å². The first-order chi connectivity index (χ1) is 32.6. The number of allylic oxidation sites excluding steroid dienone is 8. The molecule has 0 aliphatic carbocycles. The molecular weight excluding hydrogens is 856 g/mol. The van der Waals surface area contributed by atoms with Gasteiger partial charge in [0.25, 0.3) is 0 Å². The third-order valence-electron chi connectivity index (χ3n) is 15.1. The van der Waals surface area contributed by atoms with E-state index in [-0.39, 0.29) is 10.8 Å². The number of unbranched alkanes of at least 4 members (excludes halogenated alkanes) is 30. The van der Waals surface area contributed by atoms with Gasteiger partial charge in [0.15, 0.2) is 5.71 Å². The maximum Gasteiger partial charge on any atom is 0.209 e. The Morgan fingerprint density at radius 1 is 0.448 bits per heavy atom. The Balaban J connectivity index is 1.23. The Hall–Kier alpha value is -2.55. The lowest BCUT2D eigenvalue weighted by atomic mass is 9.81. The lowest BCUT2D eigenvalue weighted by molar-refractivity contribution is -0.438. The highest BCUT2D eigenvalue weighted by atomic mass is 35.5. The Morgan fingerprint density at radius 2 is 0.851 bits per heavy atom. The van der Waals surface area contributed by atoms with Gasteiger partial charge in [0.05, 0.1) is 5.41 Å². The van der Waals surface area contributed by atoms with Crippen molar-refractivity contribution >= 4 is 40.3 Å². The maximum atomic E-state index is 6.58. The molecule has 0 bridgehead atoms. The topological polar surface area (TPSA) is 6.25 Å². The van der Waals surface area contributed by atoms with Crippen LogP contribution in [0.15, 0.2) is 84.6 Å². The Kier molecular flexibility index (Phi) is 28.2. The molecular formula is C63H99Cl2N2+. The van der Waals surface area contributed by atoms with Crippen LogP contribution < -0.4 is 4.90 Å². The van der Waals surface area contributed by atoms with E-state index in [1.54, 1.807) is 0 Å². The molecule has 2 heterocycles. The van der Waals surface area contributed by atoms with E-state index in [0.29, 0.717) is 0 Å². The average molecular weight is 955 g/mol. The van der Waals surface area contributed by atoms with Crippen LogP contribution in [0, 0.1) is 0 Å². The zero-order chi connectivity index (χ0) is 48.0. The summed E-state index contributed by atoms with van der Waals surface area (Å²) in [5.74, 6) is 0. The molecule has 67 heavy (non-hydrogen) atoms. The molecule has 0 N–H and O–H groups in total. The number of anilines is 1. The molecule has 2 aromatic carbocycles. The summed E-state index contributed by atoms with van der Waals surface area (Å²) in [5.41, 5.74) is 7.79. The van der Waals surface area contributed by atoms with Gasteiger partial charge in [-0.05, 0) is 68.7 Å². The Labute approximate surface area is 424 Å². The molecule has 2 aliphatic heterocycles. The van der Waals surface area contributed by atoms with Gasteiger partial charge in [-0.25, -0.2) is 0 Å². The molecule has 0 amide bonds. The molecule has 0 unspecified atom stereocenters. The van der Waals surface area contributed by atoms with Crippen LogP contribution in [0.25, 0.3) is 0 Å². The molecule has 2 aliphatic rings. The van der Waals surface area contributed by atoms with Gasteiger partial charge in [-0.15, -0.1) is 0 Å². The van der Waals surface area contributed by atoms with E-state index < -0.39 is 0 Å². The third kappa shape index (κ3) is 20.0. The smallest absolute Gasteiger partial charge is 0.209 e. The summed E-state index contributed by atoms with van der Waals surface area (Å²) in [6.45, 7) is 16.1. The fourth-order valence-corrected chi connectivity index (χ4v) is 11.2. The van der Waals surface area contributed by atoms with Gasteiger partial charge in [0.1, 0.15) is 6.54 Å². The number of halogens is 2. The molecule has 0 aromatic heterocycles. The lowest BCUT2D eigenvalue weighted by Gasteiger charge is -2.27. The van der Waals surface area contributed by atoms with Crippen molar-refractivity contribution in [2.24, 2.45) is 0 Å². The summed E-state index contributed by atoms with van der Waals surface area (Å²) in [4.78, 5) is 2.57. The van der Waals surface area contributed by atoms with Crippen molar-refractivity contribution in [3.05, 3.63) is 106 Å². The first-order valence-electron chi connectivity index (χ1n) is 28.4.